The normalized spacial score (nSPS) is 18.5. The highest BCUT2D eigenvalue weighted by Crippen LogP contribution is 2.29. The molecule has 2 aliphatic rings. The minimum absolute atomic E-state index is 0.106. The van der Waals surface area contributed by atoms with Gasteiger partial charge in [0.05, 0.1) is 29.1 Å². The Bertz CT molecular complexity index is 1100. The minimum Gasteiger partial charge on any atom is -0.390 e. The molecular formula is C22H28N4O6S. The number of hydrogen-bond acceptors (Lipinski definition) is 8. The van der Waals surface area contributed by atoms with Gasteiger partial charge in [0.2, 0.25) is 10.0 Å². The number of nitrogens with one attached hydrogen (secondary N) is 1. The summed E-state index contributed by atoms with van der Waals surface area (Å²) in [7, 11) is -3.84. The number of benzene rings is 2. The Morgan fingerprint density at radius 3 is 2.58 bits per heavy atom. The van der Waals surface area contributed by atoms with E-state index in [1.165, 1.54) is 27.6 Å². The third-order valence-corrected chi connectivity index (χ3v) is 7.88. The maximum absolute atomic E-state index is 12.8. The van der Waals surface area contributed by atoms with Crippen molar-refractivity contribution < 1.29 is 23.2 Å². The Balaban J connectivity index is 1.40. The SMILES string of the molecule is O=[N+]([O-])c1cc(S(=O)(=O)N2CCOCC2)ccc1NCC(O)CN1CCc2ccccc2C1. The smallest absolute Gasteiger partial charge is 0.293 e. The molecule has 1 unspecified atom stereocenters. The number of sulfonamides is 1. The zero-order valence-corrected chi connectivity index (χ0v) is 19.0. The molecular weight excluding hydrogens is 448 g/mol. The highest BCUT2D eigenvalue weighted by atomic mass is 32.2. The Kier molecular flexibility index (Phi) is 7.25. The van der Waals surface area contributed by atoms with E-state index in [1.807, 2.05) is 12.1 Å². The van der Waals surface area contributed by atoms with Crippen LogP contribution in [0, 0.1) is 10.1 Å². The maximum Gasteiger partial charge on any atom is 0.293 e. The molecule has 0 amide bonds. The van der Waals surface area contributed by atoms with E-state index in [1.54, 1.807) is 0 Å². The van der Waals surface area contributed by atoms with Crippen LogP contribution in [0.25, 0.3) is 0 Å². The van der Waals surface area contributed by atoms with Crippen molar-refractivity contribution in [2.45, 2.75) is 24.0 Å². The number of nitro benzene ring substituents is 1. The van der Waals surface area contributed by atoms with Gasteiger partial charge in [-0.05, 0) is 29.7 Å². The fourth-order valence-corrected chi connectivity index (χ4v) is 5.64. The lowest BCUT2D eigenvalue weighted by atomic mass is 10.00. The van der Waals surface area contributed by atoms with Gasteiger partial charge in [-0.1, -0.05) is 24.3 Å². The monoisotopic (exact) mass is 476 g/mol. The molecule has 178 valence electrons. The van der Waals surface area contributed by atoms with E-state index >= 15 is 0 Å². The number of aliphatic hydroxyl groups excluding tert-OH is 1. The van der Waals surface area contributed by atoms with Crippen molar-refractivity contribution in [1.29, 1.82) is 0 Å². The molecule has 10 nitrogen and oxygen atoms in total. The van der Waals surface area contributed by atoms with E-state index in [0.717, 1.165) is 25.6 Å². The van der Waals surface area contributed by atoms with Crippen LogP contribution in [0.15, 0.2) is 47.4 Å². The third-order valence-electron chi connectivity index (χ3n) is 5.98. The number of aliphatic hydroxyl groups is 1. The number of hydrogen-bond donors (Lipinski definition) is 2. The second-order valence-corrected chi connectivity index (χ2v) is 10.2. The largest absolute Gasteiger partial charge is 0.390 e. The van der Waals surface area contributed by atoms with Crippen molar-refractivity contribution in [3.8, 4) is 0 Å². The van der Waals surface area contributed by atoms with Gasteiger partial charge in [-0.3, -0.25) is 15.0 Å². The van der Waals surface area contributed by atoms with Gasteiger partial charge < -0.3 is 15.2 Å². The predicted molar refractivity (Wildman–Crippen MR) is 123 cm³/mol. The highest BCUT2D eigenvalue weighted by molar-refractivity contribution is 7.89. The zero-order valence-electron chi connectivity index (χ0n) is 18.2. The molecule has 0 aliphatic carbocycles. The summed E-state index contributed by atoms with van der Waals surface area (Å²) in [6.07, 6.45) is 0.174. The number of nitrogens with zero attached hydrogens (tertiary/aromatic N) is 3. The molecule has 2 aromatic rings. The van der Waals surface area contributed by atoms with Gasteiger partial charge in [-0.2, -0.15) is 4.31 Å². The summed E-state index contributed by atoms with van der Waals surface area (Å²) in [4.78, 5) is 13.0. The molecule has 4 rings (SSSR count). The Labute approximate surface area is 193 Å². The molecule has 33 heavy (non-hydrogen) atoms. The zero-order chi connectivity index (χ0) is 23.4. The number of rotatable bonds is 8. The van der Waals surface area contributed by atoms with Crippen molar-refractivity contribution in [3.05, 3.63) is 63.7 Å². The van der Waals surface area contributed by atoms with Gasteiger partial charge in [-0.15, -0.1) is 0 Å². The topological polar surface area (TPSA) is 125 Å². The van der Waals surface area contributed by atoms with Crippen molar-refractivity contribution in [3.63, 3.8) is 0 Å². The first kappa shape index (κ1) is 23.6. The van der Waals surface area contributed by atoms with Crippen LogP contribution in [0.5, 0.6) is 0 Å². The molecule has 1 atom stereocenters. The van der Waals surface area contributed by atoms with Crippen LogP contribution in [0.1, 0.15) is 11.1 Å². The molecule has 0 aromatic heterocycles. The molecule has 2 N–H and O–H groups in total. The molecule has 0 radical (unpaired) electrons. The van der Waals surface area contributed by atoms with E-state index in [4.69, 9.17) is 4.74 Å². The predicted octanol–water partition coefficient (Wildman–Crippen LogP) is 1.45. The van der Waals surface area contributed by atoms with Crippen LogP contribution in [0.2, 0.25) is 0 Å². The molecule has 1 fully saturated rings. The first-order valence-electron chi connectivity index (χ1n) is 10.9. The second-order valence-electron chi connectivity index (χ2n) is 8.24. The third kappa shape index (κ3) is 5.50. The molecule has 2 aromatic carbocycles. The van der Waals surface area contributed by atoms with E-state index in [-0.39, 0.29) is 35.9 Å². The number of morpholine rings is 1. The number of ether oxygens (including phenoxy) is 1. The van der Waals surface area contributed by atoms with Gasteiger partial charge in [-0.25, -0.2) is 8.42 Å². The summed E-state index contributed by atoms with van der Waals surface area (Å²) >= 11 is 0. The summed E-state index contributed by atoms with van der Waals surface area (Å²) in [6.45, 7) is 3.13. The van der Waals surface area contributed by atoms with Crippen molar-refractivity contribution >= 4 is 21.4 Å². The fourth-order valence-electron chi connectivity index (χ4n) is 4.21. The lowest BCUT2D eigenvalue weighted by molar-refractivity contribution is -0.384. The summed E-state index contributed by atoms with van der Waals surface area (Å²) < 4.78 is 32.1. The number of nitro groups is 1. The summed E-state index contributed by atoms with van der Waals surface area (Å²) in [6, 6.07) is 12.0. The van der Waals surface area contributed by atoms with Crippen LogP contribution in [0.4, 0.5) is 11.4 Å². The summed E-state index contributed by atoms with van der Waals surface area (Å²) in [5, 5.41) is 25.0. The molecule has 2 heterocycles. The molecule has 2 aliphatic heterocycles. The van der Waals surface area contributed by atoms with Crippen molar-refractivity contribution in [2.75, 3.05) is 51.3 Å². The summed E-state index contributed by atoms with van der Waals surface area (Å²) in [5.74, 6) is 0. The van der Waals surface area contributed by atoms with Gasteiger partial charge in [0.1, 0.15) is 5.69 Å². The number of fused-ring (bicyclic) bond motifs is 1. The van der Waals surface area contributed by atoms with Crippen LogP contribution in [0.3, 0.4) is 0 Å². The standard InChI is InChI=1S/C22H28N4O6S/c27-19(16-24-8-7-17-3-1-2-4-18(17)15-24)14-23-21-6-5-20(13-22(21)26(28)29)33(30,31)25-9-11-32-12-10-25/h1-6,13,19,23,27H,7-12,14-16H2. The first-order chi connectivity index (χ1) is 15.8. The van der Waals surface area contributed by atoms with E-state index in [9.17, 15) is 23.6 Å². The lowest BCUT2D eigenvalue weighted by Gasteiger charge is -2.30. The first-order valence-corrected chi connectivity index (χ1v) is 12.4. The Morgan fingerprint density at radius 1 is 1.12 bits per heavy atom. The van der Waals surface area contributed by atoms with Crippen molar-refractivity contribution in [1.82, 2.24) is 9.21 Å². The molecule has 0 saturated carbocycles. The van der Waals surface area contributed by atoms with Gasteiger partial charge in [0, 0.05) is 45.3 Å². The lowest BCUT2D eigenvalue weighted by Crippen LogP contribution is -2.40. The van der Waals surface area contributed by atoms with E-state index < -0.39 is 21.1 Å². The average Bonchev–Trinajstić information content (AvgIpc) is 2.83. The van der Waals surface area contributed by atoms with E-state index in [2.05, 4.69) is 22.3 Å². The number of anilines is 1. The second kappa shape index (κ2) is 10.1. The van der Waals surface area contributed by atoms with Crippen molar-refractivity contribution in [2.24, 2.45) is 0 Å². The van der Waals surface area contributed by atoms with Gasteiger partial charge in [0.15, 0.2) is 0 Å². The van der Waals surface area contributed by atoms with Gasteiger partial charge in [0.25, 0.3) is 5.69 Å². The van der Waals surface area contributed by atoms with Crippen LogP contribution in [-0.4, -0.2) is 79.7 Å². The van der Waals surface area contributed by atoms with Crippen LogP contribution >= 0.6 is 0 Å². The molecule has 11 heteroatoms. The van der Waals surface area contributed by atoms with Crippen LogP contribution in [-0.2, 0) is 27.7 Å². The Morgan fingerprint density at radius 2 is 1.85 bits per heavy atom. The van der Waals surface area contributed by atoms with Crippen LogP contribution < -0.4 is 5.32 Å². The quantitative estimate of drug-likeness (QED) is 0.433. The summed E-state index contributed by atoms with van der Waals surface area (Å²) in [5.41, 5.74) is 2.40. The molecule has 0 bridgehead atoms. The van der Waals surface area contributed by atoms with Gasteiger partial charge >= 0.3 is 0 Å². The highest BCUT2D eigenvalue weighted by Gasteiger charge is 2.29. The molecule has 0 spiro atoms. The number of β-amino-alcohol motifs (C(OH)–C–C–N with tert-alkyl or cyclic N) is 1. The van der Waals surface area contributed by atoms with E-state index in [0.29, 0.717) is 19.8 Å². The minimum atomic E-state index is -3.84. The Hall–Kier alpha value is -2.57. The molecule has 1 saturated heterocycles. The maximum atomic E-state index is 12.8. The fraction of sp³-hybridized carbons (Fsp3) is 0.455. The average molecular weight is 477 g/mol.